The first-order valence-electron chi connectivity index (χ1n) is 7.94. The van der Waals surface area contributed by atoms with Crippen LogP contribution in [0, 0.1) is 5.92 Å². The molecule has 0 spiro atoms. The largest absolute Gasteiger partial charge is 0.378 e. The fourth-order valence-corrected chi connectivity index (χ4v) is 3.07. The van der Waals surface area contributed by atoms with E-state index in [1.54, 1.807) is 36.5 Å². The lowest BCUT2D eigenvalue weighted by Gasteiger charge is -2.26. The number of halogens is 1. The van der Waals surface area contributed by atoms with Crippen molar-refractivity contribution < 1.29 is 14.3 Å². The Balaban J connectivity index is 1.83. The summed E-state index contributed by atoms with van der Waals surface area (Å²) in [7, 11) is 0. The predicted octanol–water partition coefficient (Wildman–Crippen LogP) is 3.65. The second-order valence-electron chi connectivity index (χ2n) is 5.99. The highest BCUT2D eigenvalue weighted by atomic mass is 35.5. The van der Waals surface area contributed by atoms with Crippen LogP contribution in [0.5, 0.6) is 0 Å². The van der Waals surface area contributed by atoms with E-state index in [1.807, 2.05) is 6.92 Å². The van der Waals surface area contributed by atoms with E-state index in [9.17, 15) is 9.59 Å². The van der Waals surface area contributed by atoms with Crippen LogP contribution in [0.25, 0.3) is 0 Å². The molecule has 0 radical (unpaired) electrons. The van der Waals surface area contributed by atoms with E-state index in [4.69, 9.17) is 16.3 Å². The van der Waals surface area contributed by atoms with Gasteiger partial charge in [-0.2, -0.15) is 0 Å². The van der Waals surface area contributed by atoms with E-state index in [1.165, 1.54) is 0 Å². The maximum absolute atomic E-state index is 12.6. The Morgan fingerprint density at radius 2 is 2.17 bits per heavy atom. The molecule has 0 aliphatic carbocycles. The summed E-state index contributed by atoms with van der Waals surface area (Å²) in [4.78, 5) is 28.1. The van der Waals surface area contributed by atoms with Crippen molar-refractivity contribution in [3.8, 4) is 0 Å². The highest BCUT2D eigenvalue weighted by molar-refractivity contribution is 6.31. The normalized spacial score (nSPS) is 20.6. The van der Waals surface area contributed by atoms with Crippen molar-refractivity contribution in [1.82, 2.24) is 4.98 Å². The lowest BCUT2D eigenvalue weighted by molar-refractivity contribution is -0.124. The summed E-state index contributed by atoms with van der Waals surface area (Å²) in [5, 5.41) is 3.33. The maximum Gasteiger partial charge on any atom is 0.227 e. The molecule has 1 aliphatic heterocycles. The third-order valence-corrected chi connectivity index (χ3v) is 4.42. The third-order valence-electron chi connectivity index (χ3n) is 4.18. The number of ketones is 1. The molecule has 1 aliphatic rings. The zero-order chi connectivity index (χ0) is 17.1. The summed E-state index contributed by atoms with van der Waals surface area (Å²) in [6.45, 7) is 2.54. The van der Waals surface area contributed by atoms with Crippen LogP contribution in [0.4, 0.5) is 5.69 Å². The van der Waals surface area contributed by atoms with Crippen LogP contribution < -0.4 is 5.32 Å². The van der Waals surface area contributed by atoms with E-state index < -0.39 is 0 Å². The van der Waals surface area contributed by atoms with Crippen molar-refractivity contribution in [2.75, 3.05) is 11.9 Å². The van der Waals surface area contributed by atoms with Gasteiger partial charge in [-0.1, -0.05) is 11.6 Å². The van der Waals surface area contributed by atoms with Gasteiger partial charge in [-0.3, -0.25) is 9.59 Å². The van der Waals surface area contributed by atoms with Gasteiger partial charge in [0.2, 0.25) is 11.7 Å². The monoisotopic (exact) mass is 346 g/mol. The van der Waals surface area contributed by atoms with Gasteiger partial charge >= 0.3 is 0 Å². The molecule has 2 aromatic rings. The molecule has 1 aromatic heterocycles. The topological polar surface area (TPSA) is 71.2 Å². The quantitative estimate of drug-likeness (QED) is 0.830. The molecule has 1 fully saturated rings. The van der Waals surface area contributed by atoms with Crippen LogP contribution in [-0.4, -0.2) is 29.4 Å². The minimum atomic E-state index is -0.210. The van der Waals surface area contributed by atoms with Crippen LogP contribution in [0.3, 0.4) is 0 Å². The molecule has 2 N–H and O–H groups in total. The maximum atomic E-state index is 12.6. The van der Waals surface area contributed by atoms with Crippen molar-refractivity contribution in [3.63, 3.8) is 0 Å². The van der Waals surface area contributed by atoms with E-state index in [-0.39, 0.29) is 23.7 Å². The number of rotatable bonds is 4. The molecule has 24 heavy (non-hydrogen) atoms. The summed E-state index contributed by atoms with van der Waals surface area (Å²) in [5.41, 5.74) is 1.30. The number of H-pyrrole nitrogens is 1. The summed E-state index contributed by atoms with van der Waals surface area (Å²) in [6, 6.07) is 8.34. The molecule has 0 unspecified atom stereocenters. The summed E-state index contributed by atoms with van der Waals surface area (Å²) < 4.78 is 5.48. The number of aromatic amines is 1. The van der Waals surface area contributed by atoms with E-state index in [2.05, 4.69) is 10.3 Å². The van der Waals surface area contributed by atoms with Crippen LogP contribution in [0.15, 0.2) is 36.5 Å². The first-order valence-corrected chi connectivity index (χ1v) is 8.32. The fourth-order valence-electron chi connectivity index (χ4n) is 2.90. The summed E-state index contributed by atoms with van der Waals surface area (Å²) in [5.74, 6) is -0.413. The van der Waals surface area contributed by atoms with E-state index in [0.717, 1.165) is 0 Å². The Morgan fingerprint density at radius 3 is 2.88 bits per heavy atom. The molecule has 1 amide bonds. The number of hydrogen-bond acceptors (Lipinski definition) is 3. The summed E-state index contributed by atoms with van der Waals surface area (Å²) in [6.07, 6.45) is 3.11. The zero-order valence-corrected chi connectivity index (χ0v) is 14.1. The highest BCUT2D eigenvalue weighted by Gasteiger charge is 2.26. The SMILES string of the molecule is C[C@H]1C[C@@H](C(=O)Nc2ccc(Cl)cc2C(=O)c2ccc[nH]2)CCO1. The molecular formula is C18H19ClN2O3. The number of benzene rings is 1. The van der Waals surface area contributed by atoms with Gasteiger partial charge in [0.1, 0.15) is 0 Å². The van der Waals surface area contributed by atoms with Gasteiger partial charge in [0.25, 0.3) is 0 Å². The lowest BCUT2D eigenvalue weighted by Crippen LogP contribution is -2.32. The highest BCUT2D eigenvalue weighted by Crippen LogP contribution is 2.26. The first kappa shape index (κ1) is 16.7. The zero-order valence-electron chi connectivity index (χ0n) is 13.3. The number of amides is 1. The lowest BCUT2D eigenvalue weighted by atomic mass is 9.95. The summed E-state index contributed by atoms with van der Waals surface area (Å²) >= 11 is 6.03. The third kappa shape index (κ3) is 3.68. The number of anilines is 1. The second-order valence-corrected chi connectivity index (χ2v) is 6.43. The fraction of sp³-hybridized carbons (Fsp3) is 0.333. The smallest absolute Gasteiger partial charge is 0.227 e. The van der Waals surface area contributed by atoms with Crippen molar-refractivity contribution >= 4 is 29.0 Å². The molecule has 6 heteroatoms. The molecule has 0 bridgehead atoms. The number of aromatic nitrogens is 1. The van der Waals surface area contributed by atoms with Crippen LogP contribution in [-0.2, 0) is 9.53 Å². The van der Waals surface area contributed by atoms with Crippen LogP contribution in [0.1, 0.15) is 35.8 Å². The molecule has 1 saturated heterocycles. The van der Waals surface area contributed by atoms with Gasteiger partial charge in [0.05, 0.1) is 17.5 Å². The van der Waals surface area contributed by atoms with Crippen molar-refractivity contribution in [1.29, 1.82) is 0 Å². The van der Waals surface area contributed by atoms with Crippen molar-refractivity contribution in [2.45, 2.75) is 25.9 Å². The Bertz CT molecular complexity index is 743. The number of carbonyl (C=O) groups excluding carboxylic acids is 2. The van der Waals surface area contributed by atoms with Crippen molar-refractivity contribution in [3.05, 3.63) is 52.8 Å². The predicted molar refractivity (Wildman–Crippen MR) is 92.4 cm³/mol. The molecular weight excluding hydrogens is 328 g/mol. The molecule has 3 rings (SSSR count). The second kappa shape index (κ2) is 7.20. The number of ether oxygens (including phenoxy) is 1. The molecule has 5 nitrogen and oxygen atoms in total. The van der Waals surface area contributed by atoms with Gasteiger partial charge in [-0.25, -0.2) is 0 Å². The van der Waals surface area contributed by atoms with Gasteiger partial charge in [-0.05, 0) is 50.1 Å². The number of carbonyl (C=O) groups is 2. The van der Waals surface area contributed by atoms with Gasteiger partial charge in [0, 0.05) is 29.3 Å². The minimum Gasteiger partial charge on any atom is -0.378 e. The molecule has 2 heterocycles. The number of nitrogens with one attached hydrogen (secondary N) is 2. The van der Waals surface area contributed by atoms with Crippen molar-refractivity contribution in [2.24, 2.45) is 5.92 Å². The Kier molecular flexibility index (Phi) is 5.02. The molecule has 1 aromatic carbocycles. The number of hydrogen-bond donors (Lipinski definition) is 2. The van der Waals surface area contributed by atoms with E-state index in [0.29, 0.717) is 41.4 Å². The average molecular weight is 347 g/mol. The van der Waals surface area contributed by atoms with Gasteiger partial charge < -0.3 is 15.0 Å². The average Bonchev–Trinajstić information content (AvgIpc) is 3.10. The van der Waals surface area contributed by atoms with Crippen LogP contribution >= 0.6 is 11.6 Å². The van der Waals surface area contributed by atoms with Gasteiger partial charge in [0.15, 0.2) is 0 Å². The Labute approximate surface area is 145 Å². The standard InChI is InChI=1S/C18H19ClN2O3/c1-11-9-12(6-8-24-11)18(23)21-15-5-4-13(19)10-14(15)17(22)16-3-2-7-20-16/h2-5,7,10-12,20H,6,8-9H2,1H3,(H,21,23)/t11-,12-/m0/s1. The Hall–Kier alpha value is -2.11. The van der Waals surface area contributed by atoms with Gasteiger partial charge in [-0.15, -0.1) is 0 Å². The molecule has 126 valence electrons. The van der Waals surface area contributed by atoms with Crippen LogP contribution in [0.2, 0.25) is 5.02 Å². The first-order chi connectivity index (χ1) is 11.5. The Morgan fingerprint density at radius 1 is 1.33 bits per heavy atom. The molecule has 0 saturated carbocycles. The minimum absolute atomic E-state index is 0.0692. The van der Waals surface area contributed by atoms with E-state index >= 15 is 0 Å². The molecule has 2 atom stereocenters.